The van der Waals surface area contributed by atoms with Crippen molar-refractivity contribution in [1.29, 1.82) is 0 Å². The number of carbonyl (C=O) groups is 1. The van der Waals surface area contributed by atoms with E-state index in [1.54, 1.807) is 0 Å². The van der Waals surface area contributed by atoms with Gasteiger partial charge in [-0.2, -0.15) is 0 Å². The van der Waals surface area contributed by atoms with Gasteiger partial charge in [0.05, 0.1) is 0 Å². The fourth-order valence-electron chi connectivity index (χ4n) is 1.53. The molecular formula is C12H16O. The Hall–Kier alpha value is -1.11. The Morgan fingerprint density at radius 2 is 1.85 bits per heavy atom. The molecule has 1 aromatic rings. The maximum Gasteiger partial charge on any atom is 0.122 e. The summed E-state index contributed by atoms with van der Waals surface area (Å²) in [5, 5.41) is 0. The number of hydrogen-bond acceptors (Lipinski definition) is 1. The summed E-state index contributed by atoms with van der Waals surface area (Å²) >= 11 is 0. The zero-order chi connectivity index (χ0) is 9.68. The van der Waals surface area contributed by atoms with E-state index in [1.165, 1.54) is 5.56 Å². The third-order valence-electron chi connectivity index (χ3n) is 2.33. The van der Waals surface area contributed by atoms with Crippen molar-refractivity contribution in [1.82, 2.24) is 0 Å². The molecule has 0 saturated carbocycles. The minimum absolute atomic E-state index is 0.162. The summed E-state index contributed by atoms with van der Waals surface area (Å²) in [4.78, 5) is 10.5. The van der Waals surface area contributed by atoms with Crippen LogP contribution in [0.3, 0.4) is 0 Å². The van der Waals surface area contributed by atoms with Crippen molar-refractivity contribution < 1.29 is 4.79 Å². The molecular weight excluding hydrogens is 160 g/mol. The zero-order valence-corrected chi connectivity index (χ0v) is 8.23. The Kier molecular flexibility index (Phi) is 3.69. The predicted octanol–water partition coefficient (Wildman–Crippen LogP) is 3.02. The summed E-state index contributed by atoms with van der Waals surface area (Å²) in [6.07, 6.45) is 1.97. The third kappa shape index (κ3) is 3.02. The smallest absolute Gasteiger partial charge is 0.122 e. The molecule has 0 fully saturated rings. The summed E-state index contributed by atoms with van der Waals surface area (Å²) in [6.45, 7) is 4.13. The monoisotopic (exact) mass is 176 g/mol. The lowest BCUT2D eigenvalue weighted by molar-refractivity contribution is -0.110. The molecule has 0 amide bonds. The van der Waals surface area contributed by atoms with Gasteiger partial charge in [0, 0.05) is 5.92 Å². The van der Waals surface area contributed by atoms with Crippen LogP contribution in [0.15, 0.2) is 30.3 Å². The molecule has 0 saturated heterocycles. The molecule has 1 rings (SSSR count). The Balaban J connectivity index is 2.58. The molecule has 0 bridgehead atoms. The maximum absolute atomic E-state index is 10.5. The lowest BCUT2D eigenvalue weighted by Gasteiger charge is -2.12. The van der Waals surface area contributed by atoms with Crippen LogP contribution in [0.4, 0.5) is 0 Å². The molecule has 70 valence electrons. The van der Waals surface area contributed by atoms with Crippen LogP contribution in [0, 0.1) is 5.92 Å². The minimum Gasteiger partial charge on any atom is -0.303 e. The summed E-state index contributed by atoms with van der Waals surface area (Å²) in [7, 11) is 0. The highest BCUT2D eigenvalue weighted by molar-refractivity contribution is 5.52. The average molecular weight is 176 g/mol. The van der Waals surface area contributed by atoms with Crippen LogP contribution in [-0.4, -0.2) is 6.29 Å². The molecule has 1 nitrogen and oxygen atoms in total. The highest BCUT2D eigenvalue weighted by atomic mass is 16.1. The fourth-order valence-corrected chi connectivity index (χ4v) is 1.53. The van der Waals surface area contributed by atoms with Gasteiger partial charge in [0.15, 0.2) is 0 Å². The maximum atomic E-state index is 10.5. The second-order valence-corrected chi connectivity index (χ2v) is 3.66. The number of hydrogen-bond donors (Lipinski definition) is 0. The molecule has 0 radical (unpaired) electrons. The summed E-state index contributed by atoms with van der Waals surface area (Å²) in [5.41, 5.74) is 1.32. The van der Waals surface area contributed by atoms with Crippen molar-refractivity contribution in [2.45, 2.75) is 26.2 Å². The van der Waals surface area contributed by atoms with Crippen molar-refractivity contribution in [3.05, 3.63) is 35.9 Å². The summed E-state index contributed by atoms with van der Waals surface area (Å²) in [5.74, 6) is 0.636. The highest BCUT2D eigenvalue weighted by Gasteiger charge is 2.08. The minimum atomic E-state index is 0.162. The Morgan fingerprint density at radius 3 is 2.38 bits per heavy atom. The molecule has 0 unspecified atom stereocenters. The largest absolute Gasteiger partial charge is 0.303 e. The lowest BCUT2D eigenvalue weighted by atomic mass is 9.92. The van der Waals surface area contributed by atoms with Gasteiger partial charge in [0.2, 0.25) is 0 Å². The van der Waals surface area contributed by atoms with E-state index in [-0.39, 0.29) is 5.92 Å². The van der Waals surface area contributed by atoms with Gasteiger partial charge in [-0.05, 0) is 17.9 Å². The van der Waals surface area contributed by atoms with Crippen molar-refractivity contribution >= 4 is 6.29 Å². The number of aldehydes is 1. The third-order valence-corrected chi connectivity index (χ3v) is 2.33. The summed E-state index contributed by atoms with van der Waals surface area (Å²) in [6, 6.07) is 10.3. The topological polar surface area (TPSA) is 17.1 Å². The van der Waals surface area contributed by atoms with Crippen molar-refractivity contribution in [2.75, 3.05) is 0 Å². The Morgan fingerprint density at radius 1 is 1.23 bits per heavy atom. The van der Waals surface area contributed by atoms with Crippen LogP contribution >= 0.6 is 0 Å². The molecule has 13 heavy (non-hydrogen) atoms. The van der Waals surface area contributed by atoms with Crippen LogP contribution < -0.4 is 0 Å². The molecule has 0 aliphatic heterocycles. The van der Waals surface area contributed by atoms with Crippen molar-refractivity contribution in [2.24, 2.45) is 5.92 Å². The number of carbonyl (C=O) groups excluding carboxylic acids is 1. The quantitative estimate of drug-likeness (QED) is 0.644. The number of rotatable bonds is 4. The van der Waals surface area contributed by atoms with Crippen molar-refractivity contribution in [3.8, 4) is 0 Å². The standard InChI is InChI=1S/C12H16O/c1-10(9-13)8-11(2)12-6-4-3-5-7-12/h3-7,9-11H,8H2,1-2H3/t10-,11-/m0/s1. The lowest BCUT2D eigenvalue weighted by Crippen LogP contribution is -2.02. The van der Waals surface area contributed by atoms with Crippen LogP contribution in [0.1, 0.15) is 31.7 Å². The van der Waals surface area contributed by atoms with Gasteiger partial charge >= 0.3 is 0 Å². The van der Waals surface area contributed by atoms with Gasteiger partial charge in [-0.15, -0.1) is 0 Å². The molecule has 0 heterocycles. The van der Waals surface area contributed by atoms with Crippen LogP contribution in [0.25, 0.3) is 0 Å². The van der Waals surface area contributed by atoms with Gasteiger partial charge in [-0.1, -0.05) is 44.2 Å². The second kappa shape index (κ2) is 4.80. The normalized spacial score (nSPS) is 14.9. The van der Waals surface area contributed by atoms with Crippen molar-refractivity contribution in [3.63, 3.8) is 0 Å². The average Bonchev–Trinajstić information content (AvgIpc) is 2.19. The van der Waals surface area contributed by atoms with E-state index < -0.39 is 0 Å². The molecule has 0 aromatic heterocycles. The SMILES string of the molecule is C[C@H](C=O)C[C@H](C)c1ccccc1. The first-order valence-electron chi connectivity index (χ1n) is 4.74. The fraction of sp³-hybridized carbons (Fsp3) is 0.417. The second-order valence-electron chi connectivity index (χ2n) is 3.66. The van der Waals surface area contributed by atoms with Gasteiger partial charge in [0.1, 0.15) is 6.29 Å². The molecule has 0 N–H and O–H groups in total. The van der Waals surface area contributed by atoms with E-state index in [1.807, 2.05) is 25.1 Å². The number of benzene rings is 1. The van der Waals surface area contributed by atoms with Gasteiger partial charge in [-0.3, -0.25) is 0 Å². The van der Waals surface area contributed by atoms with E-state index in [0.29, 0.717) is 5.92 Å². The molecule has 0 aliphatic carbocycles. The first kappa shape index (κ1) is 9.97. The molecule has 1 aromatic carbocycles. The van der Waals surface area contributed by atoms with E-state index in [2.05, 4.69) is 19.1 Å². The van der Waals surface area contributed by atoms with Gasteiger partial charge in [0.25, 0.3) is 0 Å². The predicted molar refractivity (Wildman–Crippen MR) is 54.7 cm³/mol. The van der Waals surface area contributed by atoms with Gasteiger partial charge in [-0.25, -0.2) is 0 Å². The molecule has 2 atom stereocenters. The summed E-state index contributed by atoms with van der Waals surface area (Å²) < 4.78 is 0. The van der Waals surface area contributed by atoms with Crippen LogP contribution in [0.5, 0.6) is 0 Å². The molecule has 0 spiro atoms. The first-order chi connectivity index (χ1) is 6.24. The van der Waals surface area contributed by atoms with E-state index in [4.69, 9.17) is 0 Å². The van der Waals surface area contributed by atoms with E-state index >= 15 is 0 Å². The van der Waals surface area contributed by atoms with Crippen LogP contribution in [-0.2, 0) is 4.79 Å². The van der Waals surface area contributed by atoms with Gasteiger partial charge < -0.3 is 4.79 Å². The Bertz CT molecular complexity index is 253. The Labute approximate surface area is 79.8 Å². The highest BCUT2D eigenvalue weighted by Crippen LogP contribution is 2.21. The van der Waals surface area contributed by atoms with Crippen LogP contribution in [0.2, 0.25) is 0 Å². The molecule has 1 heteroatoms. The first-order valence-corrected chi connectivity index (χ1v) is 4.74. The zero-order valence-electron chi connectivity index (χ0n) is 8.23. The molecule has 0 aliphatic rings. The van der Waals surface area contributed by atoms with E-state index in [0.717, 1.165) is 12.7 Å². The van der Waals surface area contributed by atoms with E-state index in [9.17, 15) is 4.79 Å².